The maximum Gasteiger partial charge on any atom is 0.327 e. The summed E-state index contributed by atoms with van der Waals surface area (Å²) in [7, 11) is 0. The van der Waals surface area contributed by atoms with Crippen molar-refractivity contribution in [2.75, 3.05) is 13.2 Å². The van der Waals surface area contributed by atoms with Crippen molar-refractivity contribution in [3.05, 3.63) is 0 Å². The van der Waals surface area contributed by atoms with Crippen LogP contribution in [0.3, 0.4) is 0 Å². The van der Waals surface area contributed by atoms with Gasteiger partial charge >= 0.3 is 6.03 Å². The highest BCUT2D eigenvalue weighted by Crippen LogP contribution is 2.28. The molecule has 0 aliphatic heterocycles. The van der Waals surface area contributed by atoms with Crippen molar-refractivity contribution in [3.8, 4) is 0 Å². The summed E-state index contributed by atoms with van der Waals surface area (Å²) in [5.41, 5.74) is 0. The number of rotatable bonds is 3. The molecule has 0 heterocycles. The van der Waals surface area contributed by atoms with Crippen LogP contribution in [0.15, 0.2) is 0 Å². The molecule has 1 fully saturated rings. The minimum Gasteiger partial charge on any atom is -0.395 e. The van der Waals surface area contributed by atoms with E-state index in [-0.39, 0.29) is 25.2 Å². The quantitative estimate of drug-likeness (QED) is 0.645. The van der Waals surface area contributed by atoms with Crippen LogP contribution in [-0.4, -0.2) is 34.6 Å². The minimum atomic E-state index is -0.203. The van der Waals surface area contributed by atoms with Crippen LogP contribution in [0, 0.1) is 5.92 Å². The summed E-state index contributed by atoms with van der Waals surface area (Å²) in [5.74, 6) is 0.510. The molecule has 2 amide bonds. The molecule has 15 heavy (non-hydrogen) atoms. The Bertz CT molecular complexity index is 214. The molecule has 88 valence electrons. The molecule has 2 atom stereocenters. The molecule has 0 radical (unpaired) electrons. The van der Waals surface area contributed by atoms with Gasteiger partial charge in [0.05, 0.1) is 6.61 Å². The Morgan fingerprint density at radius 3 is 2.80 bits per heavy atom. The van der Waals surface area contributed by atoms with Crippen molar-refractivity contribution in [1.29, 1.82) is 0 Å². The van der Waals surface area contributed by atoms with Crippen molar-refractivity contribution in [1.82, 2.24) is 9.62 Å². The van der Waals surface area contributed by atoms with E-state index in [1.165, 1.54) is 17.1 Å². The molecule has 1 aliphatic carbocycles. The molecule has 0 bridgehead atoms. The maximum absolute atomic E-state index is 11.6. The third-order valence-electron chi connectivity index (χ3n) is 2.98. The van der Waals surface area contributed by atoms with Gasteiger partial charge in [-0.1, -0.05) is 32.6 Å². The summed E-state index contributed by atoms with van der Waals surface area (Å²) in [5, 5.41) is 11.2. The molecular formula is C10H20N2O2S. The zero-order chi connectivity index (χ0) is 11.3. The summed E-state index contributed by atoms with van der Waals surface area (Å²) in [6.07, 6.45) is 4.60. The highest BCUT2D eigenvalue weighted by Gasteiger charge is 2.28. The van der Waals surface area contributed by atoms with E-state index < -0.39 is 0 Å². The van der Waals surface area contributed by atoms with Crippen molar-refractivity contribution in [2.24, 2.45) is 5.92 Å². The van der Waals surface area contributed by atoms with Crippen molar-refractivity contribution in [2.45, 2.75) is 38.6 Å². The Kier molecular flexibility index (Phi) is 5.25. The second-order valence-corrected chi connectivity index (χ2v) is 4.56. The topological polar surface area (TPSA) is 52.6 Å². The van der Waals surface area contributed by atoms with E-state index in [2.05, 4.69) is 25.1 Å². The Morgan fingerprint density at radius 2 is 2.20 bits per heavy atom. The number of aliphatic hydroxyl groups is 1. The number of carbonyl (C=O) groups is 1. The normalized spacial score (nSPS) is 26.1. The number of nitrogens with one attached hydrogen (secondary N) is 1. The van der Waals surface area contributed by atoms with E-state index in [1.54, 1.807) is 0 Å². The van der Waals surface area contributed by atoms with Gasteiger partial charge in [-0.3, -0.25) is 4.31 Å². The molecule has 4 nitrogen and oxygen atoms in total. The third-order valence-corrected chi connectivity index (χ3v) is 3.45. The second kappa shape index (κ2) is 6.23. The highest BCUT2D eigenvalue weighted by atomic mass is 32.1. The number of nitrogens with zero attached hydrogens (tertiary/aromatic N) is 1. The molecule has 0 aromatic rings. The first kappa shape index (κ1) is 12.6. The van der Waals surface area contributed by atoms with Crippen LogP contribution < -0.4 is 5.32 Å². The third kappa shape index (κ3) is 3.57. The summed E-state index contributed by atoms with van der Waals surface area (Å²) in [4.78, 5) is 11.6. The Hall–Kier alpha value is -0.420. The van der Waals surface area contributed by atoms with Gasteiger partial charge < -0.3 is 10.4 Å². The van der Waals surface area contributed by atoms with Crippen LogP contribution in [0.4, 0.5) is 4.79 Å². The molecule has 2 unspecified atom stereocenters. The van der Waals surface area contributed by atoms with Gasteiger partial charge in [0, 0.05) is 12.6 Å². The Morgan fingerprint density at radius 1 is 1.53 bits per heavy atom. The second-order valence-electron chi connectivity index (χ2n) is 4.13. The van der Waals surface area contributed by atoms with Gasteiger partial charge in [-0.05, 0) is 18.8 Å². The van der Waals surface area contributed by atoms with Gasteiger partial charge in [0.15, 0.2) is 0 Å². The van der Waals surface area contributed by atoms with Gasteiger partial charge in [0.2, 0.25) is 0 Å². The van der Waals surface area contributed by atoms with E-state index in [0.29, 0.717) is 5.92 Å². The summed E-state index contributed by atoms with van der Waals surface area (Å²) >= 11 is 4.24. The smallest absolute Gasteiger partial charge is 0.327 e. The standard InChI is InChI=1S/C10H20N2O2S/c1-8-4-2-3-5-9(8)12(15)10(14)11-6-7-13/h8-9,13,15H,2-7H2,1H3,(H,11,14). The van der Waals surface area contributed by atoms with E-state index in [1.807, 2.05) is 0 Å². The highest BCUT2D eigenvalue weighted by molar-refractivity contribution is 7.78. The summed E-state index contributed by atoms with van der Waals surface area (Å²) in [6.45, 7) is 2.41. The monoisotopic (exact) mass is 232 g/mol. The molecule has 1 aliphatic rings. The lowest BCUT2D eigenvalue weighted by Crippen LogP contribution is -2.45. The van der Waals surface area contributed by atoms with Crippen LogP contribution in [0.1, 0.15) is 32.6 Å². The van der Waals surface area contributed by atoms with Crippen molar-refractivity contribution in [3.63, 3.8) is 0 Å². The van der Waals surface area contributed by atoms with Gasteiger partial charge in [-0.15, -0.1) is 0 Å². The molecule has 1 rings (SSSR count). The number of hydrogen-bond acceptors (Lipinski definition) is 3. The Labute approximate surface area is 96.6 Å². The largest absolute Gasteiger partial charge is 0.395 e. The maximum atomic E-state index is 11.6. The van der Waals surface area contributed by atoms with Crippen molar-refractivity contribution < 1.29 is 9.90 Å². The number of thiol groups is 1. The van der Waals surface area contributed by atoms with E-state index in [0.717, 1.165) is 12.8 Å². The lowest BCUT2D eigenvalue weighted by atomic mass is 9.86. The van der Waals surface area contributed by atoms with E-state index in [4.69, 9.17) is 5.11 Å². The first-order chi connectivity index (χ1) is 7.16. The van der Waals surface area contributed by atoms with Gasteiger partial charge in [-0.2, -0.15) is 0 Å². The predicted molar refractivity (Wildman–Crippen MR) is 62.7 cm³/mol. The minimum absolute atomic E-state index is 0.0341. The first-order valence-corrected chi connectivity index (χ1v) is 5.93. The molecule has 0 aromatic carbocycles. The SMILES string of the molecule is CC1CCCCC1N(S)C(=O)NCCO. The predicted octanol–water partition coefficient (Wildman–Crippen LogP) is 1.41. The summed E-state index contributed by atoms with van der Waals surface area (Å²) < 4.78 is 1.49. The molecule has 2 N–H and O–H groups in total. The van der Waals surface area contributed by atoms with E-state index >= 15 is 0 Å². The van der Waals surface area contributed by atoms with Crippen LogP contribution in [0.25, 0.3) is 0 Å². The molecular weight excluding hydrogens is 212 g/mol. The molecule has 0 spiro atoms. The van der Waals surface area contributed by atoms with Crippen LogP contribution in [0.5, 0.6) is 0 Å². The van der Waals surface area contributed by atoms with Gasteiger partial charge in [-0.25, -0.2) is 4.79 Å². The fourth-order valence-electron chi connectivity index (χ4n) is 2.05. The average molecular weight is 232 g/mol. The van der Waals surface area contributed by atoms with Crippen LogP contribution in [0.2, 0.25) is 0 Å². The molecule has 1 saturated carbocycles. The van der Waals surface area contributed by atoms with E-state index in [9.17, 15) is 4.79 Å². The Balaban J connectivity index is 2.42. The zero-order valence-electron chi connectivity index (χ0n) is 9.15. The number of amides is 2. The number of urea groups is 1. The van der Waals surface area contributed by atoms with Gasteiger partial charge in [0.1, 0.15) is 0 Å². The average Bonchev–Trinajstić information content (AvgIpc) is 2.25. The zero-order valence-corrected chi connectivity index (χ0v) is 10.0. The first-order valence-electron chi connectivity index (χ1n) is 5.53. The van der Waals surface area contributed by atoms with Gasteiger partial charge in [0.25, 0.3) is 0 Å². The van der Waals surface area contributed by atoms with Crippen LogP contribution in [-0.2, 0) is 0 Å². The summed E-state index contributed by atoms with van der Waals surface area (Å²) in [6, 6.07) is 0.0203. The number of aliphatic hydroxyl groups excluding tert-OH is 1. The van der Waals surface area contributed by atoms with Crippen molar-refractivity contribution >= 4 is 18.8 Å². The number of hydrogen-bond donors (Lipinski definition) is 3. The molecule has 0 saturated heterocycles. The molecule has 5 heteroatoms. The number of carbonyl (C=O) groups excluding carboxylic acids is 1. The lowest BCUT2D eigenvalue weighted by Gasteiger charge is -2.34. The fraction of sp³-hybridized carbons (Fsp3) is 0.900. The van der Waals surface area contributed by atoms with Crippen LogP contribution >= 0.6 is 12.8 Å². The molecule has 0 aromatic heterocycles. The fourth-order valence-corrected chi connectivity index (χ4v) is 2.47. The lowest BCUT2D eigenvalue weighted by molar-refractivity contribution is 0.181.